The van der Waals surface area contributed by atoms with Gasteiger partial charge in [-0.15, -0.1) is 0 Å². The molecule has 0 amide bonds. The molecule has 0 saturated heterocycles. The number of rotatable bonds is 4. The Hall–Kier alpha value is -3.27. The molecule has 1 unspecified atom stereocenters. The van der Waals surface area contributed by atoms with Gasteiger partial charge in [-0.2, -0.15) is 0 Å². The number of ether oxygens (including phenoxy) is 1. The first-order valence-electron chi connectivity index (χ1n) is 9.78. The molecule has 140 valence electrons. The highest BCUT2D eigenvalue weighted by Crippen LogP contribution is 2.33. The molecule has 2 N–H and O–H groups in total. The number of benzene rings is 2. The molecule has 4 aromatic rings. The fourth-order valence-corrected chi connectivity index (χ4v) is 4.13. The van der Waals surface area contributed by atoms with Gasteiger partial charge in [-0.1, -0.05) is 42.5 Å². The van der Waals surface area contributed by atoms with E-state index in [1.807, 2.05) is 18.3 Å². The van der Waals surface area contributed by atoms with Crippen molar-refractivity contribution in [1.82, 2.24) is 9.97 Å². The van der Waals surface area contributed by atoms with Crippen molar-refractivity contribution in [2.45, 2.75) is 25.3 Å². The normalized spacial score (nSPS) is 16.5. The second-order valence-corrected chi connectivity index (χ2v) is 7.32. The third-order valence-corrected chi connectivity index (χ3v) is 5.57. The van der Waals surface area contributed by atoms with E-state index in [9.17, 15) is 0 Å². The lowest BCUT2D eigenvalue weighted by Crippen LogP contribution is -2.08. The number of nitrogens with zero attached hydrogens (tertiary/aromatic N) is 1. The van der Waals surface area contributed by atoms with E-state index in [0.717, 1.165) is 41.2 Å². The molecule has 4 heteroatoms. The van der Waals surface area contributed by atoms with Crippen molar-refractivity contribution in [1.29, 1.82) is 0 Å². The van der Waals surface area contributed by atoms with Crippen LogP contribution >= 0.6 is 0 Å². The quantitative estimate of drug-likeness (QED) is 0.448. The van der Waals surface area contributed by atoms with Crippen molar-refractivity contribution >= 4 is 17.1 Å². The summed E-state index contributed by atoms with van der Waals surface area (Å²) in [6.45, 7) is 0. The van der Waals surface area contributed by atoms with Crippen molar-refractivity contribution < 1.29 is 4.74 Å². The zero-order chi connectivity index (χ0) is 18.9. The van der Waals surface area contributed by atoms with Gasteiger partial charge in [-0.25, -0.2) is 0 Å². The minimum atomic E-state index is 0.217. The first kappa shape index (κ1) is 16.9. The van der Waals surface area contributed by atoms with Gasteiger partial charge >= 0.3 is 0 Å². The van der Waals surface area contributed by atoms with E-state index < -0.39 is 0 Å². The summed E-state index contributed by atoms with van der Waals surface area (Å²) >= 11 is 0. The lowest BCUT2D eigenvalue weighted by Gasteiger charge is -2.22. The highest BCUT2D eigenvalue weighted by atomic mass is 16.5. The maximum absolute atomic E-state index is 5.59. The van der Waals surface area contributed by atoms with E-state index in [-0.39, 0.29) is 6.04 Å². The van der Waals surface area contributed by atoms with Crippen LogP contribution in [0.1, 0.15) is 35.7 Å². The van der Waals surface area contributed by atoms with Crippen LogP contribution in [0.25, 0.3) is 22.3 Å². The molecular weight excluding hydrogens is 346 g/mol. The van der Waals surface area contributed by atoms with Crippen LogP contribution in [0.4, 0.5) is 0 Å². The van der Waals surface area contributed by atoms with Crippen LogP contribution in [0.15, 0.2) is 65.7 Å². The Labute approximate surface area is 164 Å². The monoisotopic (exact) mass is 369 g/mol. The van der Waals surface area contributed by atoms with Crippen molar-refractivity contribution in [3.05, 3.63) is 77.5 Å². The Morgan fingerprint density at radius 1 is 1.00 bits per heavy atom. The van der Waals surface area contributed by atoms with Crippen LogP contribution in [-0.2, 0) is 6.42 Å². The molecule has 1 aliphatic rings. The zero-order valence-electron chi connectivity index (χ0n) is 15.9. The molecule has 0 saturated carbocycles. The van der Waals surface area contributed by atoms with Gasteiger partial charge in [0.15, 0.2) is 0 Å². The van der Waals surface area contributed by atoms with Crippen molar-refractivity contribution in [2.75, 3.05) is 7.11 Å². The molecule has 2 heterocycles. The first-order valence-corrected chi connectivity index (χ1v) is 9.78. The van der Waals surface area contributed by atoms with Gasteiger partial charge < -0.3 is 14.7 Å². The number of H-pyrrole nitrogens is 2. The van der Waals surface area contributed by atoms with E-state index in [1.165, 1.54) is 22.9 Å². The summed E-state index contributed by atoms with van der Waals surface area (Å²) in [6, 6.07) is 21.3. The first-order chi connectivity index (χ1) is 13.8. The number of methoxy groups -OCH3 is 1. The number of aromatic nitrogens is 2. The van der Waals surface area contributed by atoms with Gasteiger partial charge in [0.05, 0.1) is 30.2 Å². The minimum Gasteiger partial charge on any atom is -0.494 e. The highest BCUT2D eigenvalue weighted by molar-refractivity contribution is 5.88. The SMILES string of the molecule is COc1cc(-c2cc3ccccc3[nH]2)[nH]c1C=NC1CCCc2ccccc21. The largest absolute Gasteiger partial charge is 0.494 e. The van der Waals surface area contributed by atoms with E-state index in [4.69, 9.17) is 9.73 Å². The van der Waals surface area contributed by atoms with E-state index in [1.54, 1.807) is 7.11 Å². The second-order valence-electron chi connectivity index (χ2n) is 7.32. The molecule has 0 fully saturated rings. The second kappa shape index (κ2) is 7.04. The van der Waals surface area contributed by atoms with E-state index in [0.29, 0.717) is 0 Å². The minimum absolute atomic E-state index is 0.217. The van der Waals surface area contributed by atoms with Crippen molar-refractivity contribution in [3.8, 4) is 17.1 Å². The molecule has 2 aromatic heterocycles. The average molecular weight is 369 g/mol. The lowest BCUT2D eigenvalue weighted by atomic mass is 9.88. The Morgan fingerprint density at radius 3 is 2.71 bits per heavy atom. The summed E-state index contributed by atoms with van der Waals surface area (Å²) in [4.78, 5) is 11.8. The Bertz CT molecular complexity index is 1120. The molecule has 0 bridgehead atoms. The maximum atomic E-state index is 5.59. The van der Waals surface area contributed by atoms with Crippen LogP contribution in [-0.4, -0.2) is 23.3 Å². The Kier molecular flexibility index (Phi) is 4.24. The average Bonchev–Trinajstić information content (AvgIpc) is 3.36. The summed E-state index contributed by atoms with van der Waals surface area (Å²) in [6.07, 6.45) is 5.35. The molecule has 2 aromatic carbocycles. The molecule has 1 atom stereocenters. The number of aliphatic imine (C=N–C) groups is 1. The number of nitrogens with one attached hydrogen (secondary N) is 2. The third-order valence-electron chi connectivity index (χ3n) is 5.57. The topological polar surface area (TPSA) is 53.2 Å². The summed E-state index contributed by atoms with van der Waals surface area (Å²) in [7, 11) is 1.70. The van der Waals surface area contributed by atoms with Crippen molar-refractivity contribution in [2.24, 2.45) is 4.99 Å². The van der Waals surface area contributed by atoms with Crippen molar-refractivity contribution in [3.63, 3.8) is 0 Å². The van der Waals surface area contributed by atoms with Crippen LogP contribution in [0.3, 0.4) is 0 Å². The third kappa shape index (κ3) is 3.01. The summed E-state index contributed by atoms with van der Waals surface area (Å²) in [5.74, 6) is 0.807. The molecule has 0 radical (unpaired) electrons. The molecule has 0 spiro atoms. The van der Waals surface area contributed by atoms with Gasteiger partial charge in [0, 0.05) is 23.2 Å². The number of aromatic amines is 2. The number of hydrogen-bond donors (Lipinski definition) is 2. The highest BCUT2D eigenvalue weighted by Gasteiger charge is 2.19. The molecule has 0 aliphatic heterocycles. The fourth-order valence-electron chi connectivity index (χ4n) is 4.13. The van der Waals surface area contributed by atoms with Crippen LogP contribution in [0.5, 0.6) is 5.75 Å². The van der Waals surface area contributed by atoms with E-state index >= 15 is 0 Å². The lowest BCUT2D eigenvalue weighted by molar-refractivity contribution is 0.415. The van der Waals surface area contributed by atoms with E-state index in [2.05, 4.69) is 58.5 Å². The van der Waals surface area contributed by atoms with Gasteiger partial charge in [0.25, 0.3) is 0 Å². The Morgan fingerprint density at radius 2 is 1.82 bits per heavy atom. The molecule has 28 heavy (non-hydrogen) atoms. The van der Waals surface area contributed by atoms with Gasteiger partial charge in [0.2, 0.25) is 0 Å². The Balaban J connectivity index is 1.47. The maximum Gasteiger partial charge on any atom is 0.146 e. The molecular formula is C24H23N3O. The van der Waals surface area contributed by atoms with Gasteiger partial charge in [0.1, 0.15) is 5.75 Å². The predicted octanol–water partition coefficient (Wildman–Crippen LogP) is 5.67. The number of aryl methyl sites for hydroxylation is 1. The van der Waals surface area contributed by atoms with Gasteiger partial charge in [-0.3, -0.25) is 4.99 Å². The van der Waals surface area contributed by atoms with Crippen LogP contribution < -0.4 is 4.74 Å². The molecule has 1 aliphatic carbocycles. The summed E-state index contributed by atoms with van der Waals surface area (Å²) < 4.78 is 5.59. The fraction of sp³-hybridized carbons (Fsp3) is 0.208. The number of fused-ring (bicyclic) bond motifs is 2. The zero-order valence-corrected chi connectivity index (χ0v) is 15.9. The molecule has 4 nitrogen and oxygen atoms in total. The number of para-hydroxylation sites is 1. The number of hydrogen-bond acceptors (Lipinski definition) is 2. The summed E-state index contributed by atoms with van der Waals surface area (Å²) in [5, 5.41) is 1.19. The van der Waals surface area contributed by atoms with Crippen LogP contribution in [0.2, 0.25) is 0 Å². The molecule has 5 rings (SSSR count). The van der Waals surface area contributed by atoms with Gasteiger partial charge in [-0.05, 0) is 42.5 Å². The standard InChI is InChI=1S/C24H23N3O/c1-28-24-14-22(21-13-17-8-3-5-11-19(17)26-21)27-23(24)15-25-20-12-6-9-16-7-2-4-10-18(16)20/h2-5,7-8,10-11,13-15,20,26-27H,6,9,12H2,1H3. The smallest absolute Gasteiger partial charge is 0.146 e. The predicted molar refractivity (Wildman–Crippen MR) is 114 cm³/mol. The summed E-state index contributed by atoms with van der Waals surface area (Å²) in [5.41, 5.74) is 6.85. The van der Waals surface area contributed by atoms with Crippen LogP contribution in [0, 0.1) is 0 Å².